The number of rotatable bonds is 3. The summed E-state index contributed by atoms with van der Waals surface area (Å²) in [5.41, 5.74) is 5.53. The minimum absolute atomic E-state index is 0.150. The zero-order chi connectivity index (χ0) is 6.41. The monoisotopic (exact) mass is 132 g/mol. The Morgan fingerprint density at radius 1 is 1.88 bits per heavy atom. The summed E-state index contributed by atoms with van der Waals surface area (Å²) in [7, 11) is 4.37. The molecule has 0 bridgehead atoms. The average molecular weight is 132 g/mol. The first-order valence-corrected chi connectivity index (χ1v) is 3.51. The average Bonchev–Trinajstić information content (AvgIpc) is 1.68. The van der Waals surface area contributed by atoms with Gasteiger partial charge >= 0.3 is 0 Å². The van der Waals surface area contributed by atoms with Crippen molar-refractivity contribution in [1.82, 2.24) is 0 Å². The molecule has 2 unspecified atom stereocenters. The van der Waals surface area contributed by atoms with E-state index in [1.165, 1.54) is 0 Å². The van der Waals surface area contributed by atoms with Crippen molar-refractivity contribution in [2.24, 2.45) is 10.7 Å². The van der Waals surface area contributed by atoms with Crippen LogP contribution in [0.4, 0.5) is 0 Å². The van der Waals surface area contributed by atoms with E-state index in [9.17, 15) is 0 Å². The van der Waals surface area contributed by atoms with Crippen molar-refractivity contribution in [3.63, 3.8) is 0 Å². The number of hydrogen-bond acceptors (Lipinski definition) is 2. The van der Waals surface area contributed by atoms with Crippen LogP contribution in [0.1, 0.15) is 6.42 Å². The molecule has 0 radical (unpaired) electrons. The maximum absolute atomic E-state index is 5.53. The van der Waals surface area contributed by atoms with Gasteiger partial charge < -0.3 is 5.73 Å². The molecule has 0 aromatic heterocycles. The summed E-state index contributed by atoms with van der Waals surface area (Å²) in [5.74, 6) is 0. The fraction of sp³-hybridized carbons (Fsp3) is 0.800. The Balaban J connectivity index is 3.17. The highest BCUT2D eigenvalue weighted by Gasteiger charge is 1.91. The number of nitrogens with two attached hydrogens (primary N) is 1. The van der Waals surface area contributed by atoms with E-state index in [0.717, 1.165) is 12.6 Å². The standard InChI is InChI=1S/C5H13N2P/c1-7-4-5(6)2-3-8/h4-5H,2-3,6,8H2,1H3. The largest absolute Gasteiger partial charge is 0.323 e. The van der Waals surface area contributed by atoms with Gasteiger partial charge in [0.25, 0.3) is 0 Å². The number of nitrogens with zero attached hydrogens (tertiary/aromatic N) is 1. The van der Waals surface area contributed by atoms with Gasteiger partial charge in [0.1, 0.15) is 0 Å². The summed E-state index contributed by atoms with van der Waals surface area (Å²) in [6.07, 6.45) is 3.82. The minimum atomic E-state index is 0.150. The molecular formula is C5H13N2P. The quantitative estimate of drug-likeness (QED) is 0.434. The third-order valence-corrected chi connectivity index (χ3v) is 1.17. The lowest BCUT2D eigenvalue weighted by Crippen LogP contribution is -2.21. The van der Waals surface area contributed by atoms with Crippen molar-refractivity contribution in [1.29, 1.82) is 0 Å². The minimum Gasteiger partial charge on any atom is -0.323 e. The zero-order valence-electron chi connectivity index (χ0n) is 5.17. The molecule has 2 N–H and O–H groups in total. The highest BCUT2D eigenvalue weighted by Crippen LogP contribution is 1.89. The molecule has 0 saturated heterocycles. The van der Waals surface area contributed by atoms with Gasteiger partial charge in [0.2, 0.25) is 0 Å². The molecule has 0 amide bonds. The molecule has 0 heterocycles. The Morgan fingerprint density at radius 3 is 2.88 bits per heavy atom. The zero-order valence-corrected chi connectivity index (χ0v) is 6.33. The van der Waals surface area contributed by atoms with Crippen LogP contribution in [-0.2, 0) is 0 Å². The van der Waals surface area contributed by atoms with Gasteiger partial charge in [-0.1, -0.05) is 0 Å². The third-order valence-electron chi connectivity index (χ3n) is 0.841. The van der Waals surface area contributed by atoms with Crippen LogP contribution in [0.5, 0.6) is 0 Å². The molecule has 0 aliphatic rings. The molecule has 2 atom stereocenters. The molecule has 0 saturated carbocycles. The summed E-state index contributed by atoms with van der Waals surface area (Å²) >= 11 is 0. The molecule has 0 rings (SSSR count). The van der Waals surface area contributed by atoms with Crippen LogP contribution in [-0.4, -0.2) is 25.5 Å². The van der Waals surface area contributed by atoms with Crippen LogP contribution in [0.2, 0.25) is 0 Å². The maximum atomic E-state index is 5.53. The molecule has 3 heteroatoms. The lowest BCUT2D eigenvalue weighted by Gasteiger charge is -1.99. The molecule has 0 aromatic rings. The van der Waals surface area contributed by atoms with E-state index in [1.807, 2.05) is 0 Å². The van der Waals surface area contributed by atoms with Crippen LogP contribution in [0.25, 0.3) is 0 Å². The second kappa shape index (κ2) is 5.20. The highest BCUT2D eigenvalue weighted by molar-refractivity contribution is 7.16. The van der Waals surface area contributed by atoms with Gasteiger partial charge in [-0.05, 0) is 12.6 Å². The van der Waals surface area contributed by atoms with E-state index < -0.39 is 0 Å². The van der Waals surface area contributed by atoms with Crippen molar-refractivity contribution in [2.45, 2.75) is 12.5 Å². The molecule has 8 heavy (non-hydrogen) atoms. The molecule has 0 spiro atoms. The molecule has 2 nitrogen and oxygen atoms in total. The van der Waals surface area contributed by atoms with Gasteiger partial charge in [-0.15, -0.1) is 9.24 Å². The maximum Gasteiger partial charge on any atom is 0.0398 e. The Labute approximate surface area is 52.8 Å². The van der Waals surface area contributed by atoms with Crippen LogP contribution >= 0.6 is 9.24 Å². The first kappa shape index (κ1) is 8.06. The van der Waals surface area contributed by atoms with Crippen molar-refractivity contribution in [3.05, 3.63) is 0 Å². The van der Waals surface area contributed by atoms with Crippen molar-refractivity contribution in [2.75, 3.05) is 13.2 Å². The van der Waals surface area contributed by atoms with Crippen LogP contribution < -0.4 is 5.73 Å². The van der Waals surface area contributed by atoms with Crippen LogP contribution in [0.15, 0.2) is 4.99 Å². The third kappa shape index (κ3) is 4.23. The van der Waals surface area contributed by atoms with E-state index in [1.54, 1.807) is 13.3 Å². The predicted octanol–water partition coefficient (Wildman–Crippen LogP) is 0.279. The fourth-order valence-corrected chi connectivity index (χ4v) is 0.843. The number of hydrogen-bond donors (Lipinski definition) is 1. The second-order valence-corrected chi connectivity index (χ2v) is 2.23. The molecular weight excluding hydrogens is 119 g/mol. The lowest BCUT2D eigenvalue weighted by molar-refractivity contribution is 0.841. The van der Waals surface area contributed by atoms with Gasteiger partial charge in [-0.25, -0.2) is 0 Å². The van der Waals surface area contributed by atoms with Crippen molar-refractivity contribution >= 4 is 15.5 Å². The van der Waals surface area contributed by atoms with Crippen molar-refractivity contribution in [3.8, 4) is 0 Å². The lowest BCUT2D eigenvalue weighted by atomic mass is 10.3. The van der Waals surface area contributed by atoms with E-state index in [2.05, 4.69) is 14.2 Å². The topological polar surface area (TPSA) is 38.4 Å². The summed E-state index contributed by atoms with van der Waals surface area (Å²) in [6.45, 7) is 0. The first-order chi connectivity index (χ1) is 3.81. The summed E-state index contributed by atoms with van der Waals surface area (Å²) in [4.78, 5) is 3.79. The van der Waals surface area contributed by atoms with Gasteiger partial charge in [-0.2, -0.15) is 0 Å². The summed E-state index contributed by atoms with van der Waals surface area (Å²) in [6, 6.07) is 0.150. The van der Waals surface area contributed by atoms with E-state index in [0.29, 0.717) is 0 Å². The normalized spacial score (nSPS) is 14.9. The summed E-state index contributed by atoms with van der Waals surface area (Å²) in [5, 5.41) is 0. The Bertz CT molecular complexity index is 72.8. The van der Waals surface area contributed by atoms with Gasteiger partial charge in [0.15, 0.2) is 0 Å². The first-order valence-electron chi connectivity index (χ1n) is 2.69. The summed E-state index contributed by atoms with van der Waals surface area (Å²) < 4.78 is 0. The predicted molar refractivity (Wildman–Crippen MR) is 41.6 cm³/mol. The van der Waals surface area contributed by atoms with E-state index in [-0.39, 0.29) is 6.04 Å². The molecule has 0 aromatic carbocycles. The molecule has 0 aliphatic heterocycles. The SMILES string of the molecule is CN=CC(N)CCP. The fourth-order valence-electron chi connectivity index (χ4n) is 0.458. The van der Waals surface area contributed by atoms with Crippen molar-refractivity contribution < 1.29 is 0 Å². The Morgan fingerprint density at radius 2 is 2.50 bits per heavy atom. The molecule has 0 fully saturated rings. The van der Waals surface area contributed by atoms with E-state index in [4.69, 9.17) is 5.73 Å². The van der Waals surface area contributed by atoms with Gasteiger partial charge in [0.05, 0.1) is 0 Å². The van der Waals surface area contributed by atoms with Crippen LogP contribution in [0, 0.1) is 0 Å². The number of aliphatic imine (C=N–C) groups is 1. The molecule has 48 valence electrons. The smallest absolute Gasteiger partial charge is 0.0398 e. The second-order valence-electron chi connectivity index (χ2n) is 1.65. The van der Waals surface area contributed by atoms with Crippen LogP contribution in [0.3, 0.4) is 0 Å². The molecule has 0 aliphatic carbocycles. The highest BCUT2D eigenvalue weighted by atomic mass is 31.0. The van der Waals surface area contributed by atoms with Gasteiger partial charge in [-0.3, -0.25) is 4.99 Å². The van der Waals surface area contributed by atoms with Gasteiger partial charge in [0, 0.05) is 19.3 Å². The Kier molecular flexibility index (Phi) is 5.24. The van der Waals surface area contributed by atoms with E-state index >= 15 is 0 Å². The Hall–Kier alpha value is 0.0600.